The van der Waals surface area contributed by atoms with Crippen molar-refractivity contribution in [2.24, 2.45) is 15.9 Å². The molecule has 0 aliphatic rings. The van der Waals surface area contributed by atoms with Gasteiger partial charge in [-0.3, -0.25) is 0 Å². The average Bonchev–Trinajstić information content (AvgIpc) is 2.53. The summed E-state index contributed by atoms with van der Waals surface area (Å²) in [7, 11) is 0. The predicted molar refractivity (Wildman–Crippen MR) is 95.4 cm³/mol. The molecule has 0 aliphatic carbocycles. The van der Waals surface area contributed by atoms with Crippen molar-refractivity contribution in [1.82, 2.24) is 0 Å². The Morgan fingerprint density at radius 3 is 2.73 bits per heavy atom. The molecule has 0 heterocycles. The Morgan fingerprint density at radius 2 is 2.05 bits per heavy atom. The van der Waals surface area contributed by atoms with Crippen molar-refractivity contribution < 1.29 is 9.47 Å². The van der Waals surface area contributed by atoms with Crippen molar-refractivity contribution in [3.63, 3.8) is 0 Å². The molecule has 0 spiro atoms. The molecular weight excluding hydrogens is 298 g/mol. The molecule has 1 aromatic rings. The van der Waals surface area contributed by atoms with Gasteiger partial charge in [-0.05, 0) is 43.4 Å². The third kappa shape index (κ3) is 6.85. The van der Waals surface area contributed by atoms with Crippen LogP contribution in [-0.2, 0) is 0 Å². The summed E-state index contributed by atoms with van der Waals surface area (Å²) in [5.41, 5.74) is 6.46. The maximum absolute atomic E-state index is 5.79. The fourth-order valence-electron chi connectivity index (χ4n) is 1.72. The van der Waals surface area contributed by atoms with Crippen molar-refractivity contribution in [2.45, 2.75) is 33.1 Å². The molecule has 0 saturated carbocycles. The number of nitrogens with two attached hydrogens (primary N) is 1. The molecule has 0 bridgehead atoms. The largest absolute Gasteiger partial charge is 0.490 e. The van der Waals surface area contributed by atoms with Gasteiger partial charge in [-0.25, -0.2) is 0 Å². The summed E-state index contributed by atoms with van der Waals surface area (Å²) in [5, 5.41) is 8.24. The molecule has 1 aromatic carbocycles. The number of benzene rings is 1. The molecule has 6 heteroatoms. The van der Waals surface area contributed by atoms with Crippen molar-refractivity contribution in [2.75, 3.05) is 19.5 Å². The van der Waals surface area contributed by atoms with Crippen LogP contribution < -0.4 is 15.2 Å². The Hall–Kier alpha value is -1.69. The highest BCUT2D eigenvalue weighted by atomic mass is 32.2. The molecular formula is C16H25N3O2S. The summed E-state index contributed by atoms with van der Waals surface area (Å²) >= 11 is 1.36. The second-order valence-corrected chi connectivity index (χ2v) is 5.41. The highest BCUT2D eigenvalue weighted by Crippen LogP contribution is 2.28. The number of ether oxygens (including phenoxy) is 2. The van der Waals surface area contributed by atoms with Crippen LogP contribution in [0.5, 0.6) is 11.5 Å². The monoisotopic (exact) mass is 323 g/mol. The van der Waals surface area contributed by atoms with E-state index in [1.807, 2.05) is 31.4 Å². The van der Waals surface area contributed by atoms with Gasteiger partial charge in [0.05, 0.1) is 19.4 Å². The Balaban J connectivity index is 2.75. The van der Waals surface area contributed by atoms with Crippen LogP contribution in [0.1, 0.15) is 38.7 Å². The van der Waals surface area contributed by atoms with E-state index in [0.29, 0.717) is 18.4 Å². The van der Waals surface area contributed by atoms with Crippen LogP contribution in [0.3, 0.4) is 0 Å². The highest BCUT2D eigenvalue weighted by molar-refractivity contribution is 8.13. The van der Waals surface area contributed by atoms with E-state index >= 15 is 0 Å². The average molecular weight is 323 g/mol. The minimum absolute atomic E-state index is 0.428. The van der Waals surface area contributed by atoms with Crippen LogP contribution in [-0.4, -0.2) is 30.9 Å². The van der Waals surface area contributed by atoms with Gasteiger partial charge in [-0.15, -0.1) is 5.10 Å². The zero-order valence-electron chi connectivity index (χ0n) is 13.5. The lowest BCUT2D eigenvalue weighted by molar-refractivity contribution is 0.271. The Morgan fingerprint density at radius 1 is 1.23 bits per heavy atom. The number of nitrogens with zero attached hydrogens (tertiary/aromatic N) is 2. The third-order valence-electron chi connectivity index (χ3n) is 2.85. The maximum atomic E-state index is 5.79. The van der Waals surface area contributed by atoms with Gasteiger partial charge in [0.1, 0.15) is 0 Å². The summed E-state index contributed by atoms with van der Waals surface area (Å²) in [6.45, 7) is 5.41. The number of amidine groups is 1. The summed E-state index contributed by atoms with van der Waals surface area (Å²) in [6, 6.07) is 5.72. The minimum Gasteiger partial charge on any atom is -0.490 e. The summed E-state index contributed by atoms with van der Waals surface area (Å²) < 4.78 is 11.4. The summed E-state index contributed by atoms with van der Waals surface area (Å²) in [4.78, 5) is 0. The van der Waals surface area contributed by atoms with Crippen molar-refractivity contribution in [3.8, 4) is 11.5 Å². The van der Waals surface area contributed by atoms with Crippen molar-refractivity contribution in [3.05, 3.63) is 23.8 Å². The maximum Gasteiger partial charge on any atom is 0.180 e. The van der Waals surface area contributed by atoms with E-state index in [0.717, 1.165) is 23.5 Å². The second kappa shape index (κ2) is 11.0. The molecule has 1 rings (SSSR count). The van der Waals surface area contributed by atoms with Gasteiger partial charge in [0.15, 0.2) is 16.7 Å². The van der Waals surface area contributed by atoms with E-state index in [1.165, 1.54) is 24.6 Å². The topological polar surface area (TPSA) is 69.2 Å². The fourth-order valence-corrected chi connectivity index (χ4v) is 1.85. The van der Waals surface area contributed by atoms with Crippen LogP contribution in [0.25, 0.3) is 0 Å². The molecule has 0 radical (unpaired) electrons. The first-order valence-corrected chi connectivity index (χ1v) is 8.73. The van der Waals surface area contributed by atoms with Gasteiger partial charge in [-0.2, -0.15) is 5.10 Å². The first kappa shape index (κ1) is 18.4. The van der Waals surface area contributed by atoms with Gasteiger partial charge in [0, 0.05) is 0 Å². The van der Waals surface area contributed by atoms with Gasteiger partial charge < -0.3 is 15.2 Å². The van der Waals surface area contributed by atoms with Gasteiger partial charge in [-0.1, -0.05) is 31.5 Å². The molecule has 5 nitrogen and oxygen atoms in total. The fraction of sp³-hybridized carbons (Fsp3) is 0.500. The zero-order valence-corrected chi connectivity index (χ0v) is 14.4. The number of hydrogen-bond donors (Lipinski definition) is 1. The predicted octanol–water partition coefficient (Wildman–Crippen LogP) is 3.67. The van der Waals surface area contributed by atoms with Gasteiger partial charge in [0.25, 0.3) is 0 Å². The van der Waals surface area contributed by atoms with Crippen LogP contribution in [0.15, 0.2) is 28.4 Å². The summed E-state index contributed by atoms with van der Waals surface area (Å²) in [5.74, 6) is 1.49. The Labute approximate surface area is 137 Å². The molecule has 0 fully saturated rings. The quantitative estimate of drug-likeness (QED) is 0.326. The van der Waals surface area contributed by atoms with E-state index in [4.69, 9.17) is 15.2 Å². The third-order valence-corrected chi connectivity index (χ3v) is 3.35. The second-order valence-electron chi connectivity index (χ2n) is 4.58. The SMILES string of the molecule is CCCCCOc1ccc(/C=N\N=C(/N)SC)cc1OCC. The lowest BCUT2D eigenvalue weighted by Crippen LogP contribution is -2.04. The molecule has 122 valence electrons. The van der Waals surface area contributed by atoms with Gasteiger partial charge in [0.2, 0.25) is 0 Å². The first-order chi connectivity index (χ1) is 10.7. The molecule has 0 amide bonds. The molecule has 0 atom stereocenters. The number of hydrogen-bond acceptors (Lipinski definition) is 5. The standard InChI is InChI=1S/C16H25N3O2S/c1-4-6-7-10-21-14-9-8-13(11-15(14)20-5-2)12-18-19-16(17)22-3/h8-9,11-12H,4-7,10H2,1-3H3,(H2,17,19)/b18-12-. The number of thioether (sulfide) groups is 1. The molecule has 0 aliphatic heterocycles. The van der Waals surface area contributed by atoms with Crippen molar-refractivity contribution >= 4 is 23.1 Å². The Bertz CT molecular complexity index is 504. The lowest BCUT2D eigenvalue weighted by Gasteiger charge is -2.12. The normalized spacial score (nSPS) is 11.9. The van der Waals surface area contributed by atoms with Crippen LogP contribution in [0.4, 0.5) is 0 Å². The van der Waals surface area contributed by atoms with E-state index in [-0.39, 0.29) is 0 Å². The highest BCUT2D eigenvalue weighted by Gasteiger charge is 2.05. The van der Waals surface area contributed by atoms with Crippen LogP contribution >= 0.6 is 11.8 Å². The minimum atomic E-state index is 0.428. The zero-order chi connectivity index (χ0) is 16.2. The molecule has 0 aromatic heterocycles. The van der Waals surface area contributed by atoms with E-state index in [1.54, 1.807) is 6.21 Å². The Kier molecular flexibility index (Phi) is 9.14. The molecule has 0 saturated heterocycles. The van der Waals surface area contributed by atoms with Crippen molar-refractivity contribution in [1.29, 1.82) is 0 Å². The van der Waals surface area contributed by atoms with Crippen LogP contribution in [0.2, 0.25) is 0 Å². The molecule has 0 unspecified atom stereocenters. The smallest absolute Gasteiger partial charge is 0.180 e. The van der Waals surface area contributed by atoms with E-state index < -0.39 is 0 Å². The molecule has 22 heavy (non-hydrogen) atoms. The first-order valence-electron chi connectivity index (χ1n) is 7.51. The lowest BCUT2D eigenvalue weighted by atomic mass is 10.2. The number of rotatable bonds is 9. The van der Waals surface area contributed by atoms with Gasteiger partial charge >= 0.3 is 0 Å². The van der Waals surface area contributed by atoms with Crippen LogP contribution in [0, 0.1) is 0 Å². The molecule has 2 N–H and O–H groups in total. The van der Waals surface area contributed by atoms with E-state index in [2.05, 4.69) is 17.1 Å². The van der Waals surface area contributed by atoms with E-state index in [9.17, 15) is 0 Å². The summed E-state index contributed by atoms with van der Waals surface area (Å²) in [6.07, 6.45) is 6.90. The number of unbranched alkanes of at least 4 members (excludes halogenated alkanes) is 2.